The van der Waals surface area contributed by atoms with Gasteiger partial charge in [-0.3, -0.25) is 0 Å². The second-order valence-corrected chi connectivity index (χ2v) is 19.1. The summed E-state index contributed by atoms with van der Waals surface area (Å²) in [7, 11) is 0. The van der Waals surface area contributed by atoms with Gasteiger partial charge in [-0.05, 0) is 152 Å². The van der Waals surface area contributed by atoms with Crippen LogP contribution in [0.4, 0.5) is 0 Å². The summed E-state index contributed by atoms with van der Waals surface area (Å²) in [5.41, 5.74) is 0. The average Bonchev–Trinajstić information content (AvgIpc) is 3.03. The lowest BCUT2D eigenvalue weighted by Gasteiger charge is -2.85. The SMILES string of the molecule is OC[C@@H](COCCCCCCCCC1CC2C1C1C3C4CCC4C3C21)OCCCCCCCCC1CCC2C(C1)C1C3CCC3C21. The van der Waals surface area contributed by atoms with Crippen LogP contribution in [-0.2, 0) is 9.47 Å². The molecule has 0 amide bonds. The van der Waals surface area contributed by atoms with Gasteiger partial charge in [0, 0.05) is 13.2 Å². The Bertz CT molecular complexity index is 1000. The molecule has 3 nitrogen and oxygen atoms in total. The molecule has 0 aromatic heterocycles. The zero-order valence-corrected chi connectivity index (χ0v) is 29.5. The van der Waals surface area contributed by atoms with Crippen molar-refractivity contribution < 1.29 is 14.6 Å². The van der Waals surface area contributed by atoms with Crippen molar-refractivity contribution >= 4 is 0 Å². The first kappa shape index (κ1) is 31.8. The van der Waals surface area contributed by atoms with Gasteiger partial charge >= 0.3 is 0 Å². The van der Waals surface area contributed by atoms with Gasteiger partial charge in [-0.1, -0.05) is 83.5 Å². The van der Waals surface area contributed by atoms with Crippen molar-refractivity contribution in [3.63, 3.8) is 0 Å². The van der Waals surface area contributed by atoms with Crippen LogP contribution in [0.1, 0.15) is 141 Å². The van der Waals surface area contributed by atoms with Crippen LogP contribution in [-0.4, -0.2) is 37.6 Å². The topological polar surface area (TPSA) is 38.7 Å². The molecule has 9 aliphatic rings. The second kappa shape index (κ2) is 13.9. The van der Waals surface area contributed by atoms with Crippen LogP contribution in [0.25, 0.3) is 0 Å². The van der Waals surface area contributed by atoms with Crippen LogP contribution < -0.4 is 0 Å². The molecule has 0 heterocycles. The van der Waals surface area contributed by atoms with E-state index in [9.17, 15) is 5.11 Å². The number of fused-ring (bicyclic) bond motifs is 17. The molecule has 9 rings (SSSR count). The molecule has 0 spiro atoms. The lowest BCUT2D eigenvalue weighted by atomic mass is 9.20. The molecule has 0 radical (unpaired) electrons. The molecule has 3 heteroatoms. The Morgan fingerprint density at radius 3 is 1.72 bits per heavy atom. The first-order valence-corrected chi connectivity index (χ1v) is 21.6. The van der Waals surface area contributed by atoms with E-state index in [2.05, 4.69) is 0 Å². The van der Waals surface area contributed by atoms with E-state index in [1.807, 2.05) is 0 Å². The van der Waals surface area contributed by atoms with E-state index in [1.165, 1.54) is 148 Å². The highest BCUT2D eigenvalue weighted by molar-refractivity contribution is 5.27. The maximum absolute atomic E-state index is 9.72. The van der Waals surface area contributed by atoms with Crippen molar-refractivity contribution in [3.8, 4) is 0 Å². The molecule has 0 aromatic carbocycles. The number of aliphatic hydroxyl groups is 1. The molecule has 9 aliphatic carbocycles. The highest BCUT2D eigenvalue weighted by Gasteiger charge is 2.79. The minimum Gasteiger partial charge on any atom is -0.394 e. The Kier molecular flexibility index (Phi) is 9.61. The van der Waals surface area contributed by atoms with Crippen LogP contribution in [0.2, 0.25) is 0 Å². The lowest BCUT2D eigenvalue weighted by molar-refractivity contribution is -0.375. The van der Waals surface area contributed by atoms with E-state index >= 15 is 0 Å². The van der Waals surface area contributed by atoms with Gasteiger partial charge in [0.25, 0.3) is 0 Å². The smallest absolute Gasteiger partial charge is 0.104 e. The van der Waals surface area contributed by atoms with E-state index in [-0.39, 0.29) is 12.7 Å². The maximum Gasteiger partial charge on any atom is 0.104 e. The van der Waals surface area contributed by atoms with Crippen LogP contribution in [0.5, 0.6) is 0 Å². The number of hydrogen-bond donors (Lipinski definition) is 1. The summed E-state index contributed by atoms with van der Waals surface area (Å²) in [5, 5.41) is 9.72. The molecule has 17 atom stereocenters. The monoisotopic (exact) mass is 635 g/mol. The zero-order valence-electron chi connectivity index (χ0n) is 29.5. The predicted octanol–water partition coefficient (Wildman–Crippen LogP) is 9.94. The molecule has 0 aromatic rings. The molecule has 1 N–H and O–H groups in total. The van der Waals surface area contributed by atoms with Crippen molar-refractivity contribution in [2.45, 2.75) is 147 Å². The standard InChI is InChI=1S/C43H70O3/c44-25-29(46-22-12-8-4-1-5-9-13-27-15-16-34-35(23-27)39-31-18-17-30(31)38(34)39)26-45-21-11-7-3-2-6-10-14-28-24-36-37(28)43-41-33-20-19-32(33)40(41)42(36)43/h27-44H,1-26H2/t27?,28?,29-,30?,31?,32?,33?,34?,35?,36?,37?,38?,39?,40?,41?,42?,43?/m0/s1. The highest BCUT2D eigenvalue weighted by Crippen LogP contribution is 2.84. The number of rotatable bonds is 22. The van der Waals surface area contributed by atoms with Crippen molar-refractivity contribution in [3.05, 3.63) is 0 Å². The first-order chi connectivity index (χ1) is 22.8. The van der Waals surface area contributed by atoms with Crippen molar-refractivity contribution in [2.24, 2.45) is 94.7 Å². The minimum absolute atomic E-state index is 0.0811. The van der Waals surface area contributed by atoms with Gasteiger partial charge in [0.2, 0.25) is 0 Å². The average molecular weight is 635 g/mol. The summed E-state index contributed by atoms with van der Waals surface area (Å²) in [6.45, 7) is 2.23. The summed E-state index contributed by atoms with van der Waals surface area (Å²) in [6.07, 6.45) is 31.8. The maximum atomic E-state index is 9.72. The largest absolute Gasteiger partial charge is 0.394 e. The normalized spacial score (nSPS) is 48.2. The van der Waals surface area contributed by atoms with Crippen molar-refractivity contribution in [1.82, 2.24) is 0 Å². The Morgan fingerprint density at radius 2 is 1.00 bits per heavy atom. The first-order valence-electron chi connectivity index (χ1n) is 21.6. The molecular formula is C43H70O3. The van der Waals surface area contributed by atoms with E-state index in [4.69, 9.17) is 9.47 Å². The Hall–Kier alpha value is -0.120. The van der Waals surface area contributed by atoms with Crippen LogP contribution in [0, 0.1) is 94.7 Å². The number of hydrogen-bond acceptors (Lipinski definition) is 3. The summed E-state index contributed by atoms with van der Waals surface area (Å²) in [6, 6.07) is 0. The summed E-state index contributed by atoms with van der Waals surface area (Å²) in [5.74, 6) is 19.1. The molecule has 9 saturated carbocycles. The zero-order chi connectivity index (χ0) is 30.6. The van der Waals surface area contributed by atoms with Gasteiger partial charge in [-0.15, -0.1) is 0 Å². The number of unbranched alkanes of at least 4 members (excludes halogenated alkanes) is 10. The van der Waals surface area contributed by atoms with E-state index < -0.39 is 0 Å². The Balaban J connectivity index is 0.521. The van der Waals surface area contributed by atoms with Gasteiger partial charge in [-0.25, -0.2) is 0 Å². The third kappa shape index (κ3) is 5.43. The molecule has 0 bridgehead atoms. The summed E-state index contributed by atoms with van der Waals surface area (Å²) >= 11 is 0. The molecule has 0 saturated heterocycles. The molecular weight excluding hydrogens is 564 g/mol. The number of ether oxygens (including phenoxy) is 2. The molecule has 16 unspecified atom stereocenters. The Morgan fingerprint density at radius 1 is 0.457 bits per heavy atom. The fourth-order valence-electron chi connectivity index (χ4n) is 15.1. The van der Waals surface area contributed by atoms with E-state index in [0.29, 0.717) is 6.61 Å². The minimum atomic E-state index is -0.140. The summed E-state index contributed by atoms with van der Waals surface area (Å²) < 4.78 is 11.8. The van der Waals surface area contributed by atoms with Gasteiger partial charge in [0.05, 0.1) is 13.2 Å². The predicted molar refractivity (Wildman–Crippen MR) is 185 cm³/mol. The van der Waals surface area contributed by atoms with Crippen molar-refractivity contribution in [1.29, 1.82) is 0 Å². The van der Waals surface area contributed by atoms with Gasteiger partial charge in [0.1, 0.15) is 6.10 Å². The van der Waals surface area contributed by atoms with E-state index in [0.717, 1.165) is 43.8 Å². The summed E-state index contributed by atoms with van der Waals surface area (Å²) in [4.78, 5) is 0. The molecule has 260 valence electrons. The fraction of sp³-hybridized carbons (Fsp3) is 1.00. The quantitative estimate of drug-likeness (QED) is 0.0952. The van der Waals surface area contributed by atoms with Gasteiger partial charge in [-0.2, -0.15) is 0 Å². The molecule has 0 aliphatic heterocycles. The van der Waals surface area contributed by atoms with Crippen LogP contribution in [0.3, 0.4) is 0 Å². The van der Waals surface area contributed by atoms with Crippen LogP contribution in [0.15, 0.2) is 0 Å². The fourth-order valence-corrected chi connectivity index (χ4v) is 15.1. The van der Waals surface area contributed by atoms with Crippen molar-refractivity contribution in [2.75, 3.05) is 26.4 Å². The third-order valence-corrected chi connectivity index (χ3v) is 17.6. The Labute approximate surface area is 282 Å². The molecule has 46 heavy (non-hydrogen) atoms. The third-order valence-electron chi connectivity index (χ3n) is 17.6. The van der Waals surface area contributed by atoms with Crippen LogP contribution >= 0.6 is 0 Å². The second-order valence-electron chi connectivity index (χ2n) is 19.1. The van der Waals surface area contributed by atoms with E-state index in [1.54, 1.807) is 57.8 Å². The highest BCUT2D eigenvalue weighted by atomic mass is 16.5. The van der Waals surface area contributed by atoms with Gasteiger partial charge < -0.3 is 14.6 Å². The lowest BCUT2D eigenvalue weighted by Crippen LogP contribution is -2.80. The number of aliphatic hydroxyl groups excluding tert-OH is 1. The van der Waals surface area contributed by atoms with Gasteiger partial charge in [0.15, 0.2) is 0 Å². The molecule has 9 fully saturated rings.